The van der Waals surface area contributed by atoms with E-state index in [1.165, 1.54) is 0 Å². The van der Waals surface area contributed by atoms with Crippen LogP contribution in [0.15, 0.2) is 53.1 Å². The molecule has 1 amide bonds. The van der Waals surface area contributed by atoms with Gasteiger partial charge in [-0.25, -0.2) is 0 Å². The van der Waals surface area contributed by atoms with Crippen molar-refractivity contribution < 1.29 is 14.1 Å². The lowest BCUT2D eigenvalue weighted by molar-refractivity contribution is -0.118. The molecule has 1 heterocycles. The molecule has 0 fully saturated rings. The largest absolute Gasteiger partial charge is 0.484 e. The monoisotopic (exact) mass is 357 g/mol. The quantitative estimate of drug-likeness (QED) is 0.722. The van der Waals surface area contributed by atoms with Gasteiger partial charge in [0, 0.05) is 22.7 Å². The zero-order chi connectivity index (χ0) is 17.6. The second-order valence-corrected chi connectivity index (χ2v) is 5.68. The maximum Gasteiger partial charge on any atom is 0.262 e. The number of ether oxygens (including phenoxy) is 1. The Hall–Kier alpha value is -2.86. The van der Waals surface area contributed by atoms with E-state index < -0.39 is 0 Å². The molecule has 0 radical (unpaired) electrons. The zero-order valence-corrected chi connectivity index (χ0v) is 14.3. The lowest BCUT2D eigenvalue weighted by Crippen LogP contribution is -2.20. The average Bonchev–Trinajstić information content (AvgIpc) is 3.10. The summed E-state index contributed by atoms with van der Waals surface area (Å²) in [5, 5.41) is 7.13. The van der Waals surface area contributed by atoms with E-state index in [2.05, 4.69) is 15.5 Å². The van der Waals surface area contributed by atoms with E-state index in [9.17, 15) is 4.79 Å². The summed E-state index contributed by atoms with van der Waals surface area (Å²) in [7, 11) is 0. The first kappa shape index (κ1) is 17.0. The fourth-order valence-electron chi connectivity index (χ4n) is 2.12. The van der Waals surface area contributed by atoms with Gasteiger partial charge in [0.15, 0.2) is 12.4 Å². The molecule has 0 spiro atoms. The smallest absolute Gasteiger partial charge is 0.262 e. The summed E-state index contributed by atoms with van der Waals surface area (Å²) in [6.07, 6.45) is 0.715. The standard InChI is InChI=1S/C18H16ClN3O3/c1-2-16-21-18(25-22-16)12-6-8-15(9-7-12)24-11-17(23)20-14-5-3-4-13(19)10-14/h3-10H,2,11H2,1H3,(H,20,23). The van der Waals surface area contributed by atoms with Crippen molar-refractivity contribution in [1.82, 2.24) is 10.1 Å². The minimum Gasteiger partial charge on any atom is -0.484 e. The van der Waals surface area contributed by atoms with Crippen LogP contribution in [0.1, 0.15) is 12.7 Å². The van der Waals surface area contributed by atoms with Gasteiger partial charge in [0.2, 0.25) is 0 Å². The van der Waals surface area contributed by atoms with Gasteiger partial charge in [-0.2, -0.15) is 4.98 Å². The number of carbonyl (C=O) groups excluding carboxylic acids is 1. The van der Waals surface area contributed by atoms with E-state index >= 15 is 0 Å². The highest BCUT2D eigenvalue weighted by atomic mass is 35.5. The van der Waals surface area contributed by atoms with Crippen LogP contribution < -0.4 is 10.1 Å². The lowest BCUT2D eigenvalue weighted by atomic mass is 10.2. The molecule has 3 rings (SSSR count). The van der Waals surface area contributed by atoms with Crippen LogP contribution in [0.2, 0.25) is 5.02 Å². The van der Waals surface area contributed by atoms with Crippen molar-refractivity contribution in [3.8, 4) is 17.2 Å². The summed E-state index contributed by atoms with van der Waals surface area (Å²) in [5.41, 5.74) is 1.42. The minimum atomic E-state index is -0.268. The summed E-state index contributed by atoms with van der Waals surface area (Å²) in [4.78, 5) is 16.2. The second-order valence-electron chi connectivity index (χ2n) is 5.24. The van der Waals surface area contributed by atoms with Crippen LogP contribution >= 0.6 is 11.6 Å². The Morgan fingerprint density at radius 2 is 2.04 bits per heavy atom. The molecule has 0 saturated heterocycles. The Morgan fingerprint density at radius 1 is 1.24 bits per heavy atom. The number of rotatable bonds is 6. The summed E-state index contributed by atoms with van der Waals surface area (Å²) < 4.78 is 10.7. The predicted molar refractivity (Wildman–Crippen MR) is 94.7 cm³/mol. The molecular weight excluding hydrogens is 342 g/mol. The van der Waals surface area contributed by atoms with E-state index in [-0.39, 0.29) is 12.5 Å². The maximum absolute atomic E-state index is 11.9. The van der Waals surface area contributed by atoms with Gasteiger partial charge in [0.05, 0.1) is 0 Å². The normalized spacial score (nSPS) is 10.5. The Balaban J connectivity index is 1.55. The molecule has 3 aromatic rings. The third-order valence-corrected chi connectivity index (χ3v) is 3.60. The van der Waals surface area contributed by atoms with Crippen LogP contribution in [-0.4, -0.2) is 22.7 Å². The molecular formula is C18H16ClN3O3. The number of benzene rings is 2. The Kier molecular flexibility index (Phi) is 5.30. The van der Waals surface area contributed by atoms with Crippen molar-refractivity contribution >= 4 is 23.2 Å². The number of anilines is 1. The zero-order valence-electron chi connectivity index (χ0n) is 13.5. The van der Waals surface area contributed by atoms with Gasteiger partial charge in [-0.3, -0.25) is 4.79 Å². The van der Waals surface area contributed by atoms with Crippen LogP contribution in [0.3, 0.4) is 0 Å². The first-order valence-corrected chi connectivity index (χ1v) is 8.13. The van der Waals surface area contributed by atoms with Crippen molar-refractivity contribution in [2.75, 3.05) is 11.9 Å². The fraction of sp³-hybridized carbons (Fsp3) is 0.167. The molecule has 0 bridgehead atoms. The van der Waals surface area contributed by atoms with Crippen LogP contribution in [0, 0.1) is 0 Å². The molecule has 0 aliphatic rings. The number of hydrogen-bond donors (Lipinski definition) is 1. The highest BCUT2D eigenvalue weighted by molar-refractivity contribution is 6.30. The van der Waals surface area contributed by atoms with Crippen molar-refractivity contribution in [2.24, 2.45) is 0 Å². The van der Waals surface area contributed by atoms with E-state index in [0.717, 1.165) is 5.56 Å². The molecule has 0 atom stereocenters. The number of nitrogens with one attached hydrogen (secondary N) is 1. The fourth-order valence-corrected chi connectivity index (χ4v) is 2.31. The van der Waals surface area contributed by atoms with Crippen molar-refractivity contribution in [3.05, 3.63) is 59.4 Å². The number of aryl methyl sites for hydroxylation is 1. The summed E-state index contributed by atoms with van der Waals surface area (Å²) in [6, 6.07) is 14.0. The van der Waals surface area contributed by atoms with Gasteiger partial charge in [0.25, 0.3) is 11.8 Å². The molecule has 7 heteroatoms. The second kappa shape index (κ2) is 7.81. The lowest BCUT2D eigenvalue weighted by Gasteiger charge is -2.08. The first-order chi connectivity index (χ1) is 12.1. The first-order valence-electron chi connectivity index (χ1n) is 7.75. The van der Waals surface area contributed by atoms with E-state index in [1.807, 2.05) is 6.92 Å². The molecule has 128 valence electrons. The number of carbonyl (C=O) groups is 1. The van der Waals surface area contributed by atoms with Gasteiger partial charge in [-0.05, 0) is 42.5 Å². The van der Waals surface area contributed by atoms with Crippen molar-refractivity contribution in [3.63, 3.8) is 0 Å². The molecule has 25 heavy (non-hydrogen) atoms. The van der Waals surface area contributed by atoms with Crippen molar-refractivity contribution in [2.45, 2.75) is 13.3 Å². The SMILES string of the molecule is CCc1noc(-c2ccc(OCC(=O)Nc3cccc(Cl)c3)cc2)n1. The summed E-state index contributed by atoms with van der Waals surface area (Å²) >= 11 is 5.88. The molecule has 6 nitrogen and oxygen atoms in total. The third kappa shape index (κ3) is 4.58. The van der Waals surface area contributed by atoms with Gasteiger partial charge < -0.3 is 14.6 Å². The number of aromatic nitrogens is 2. The maximum atomic E-state index is 11.9. The van der Waals surface area contributed by atoms with Gasteiger partial charge in [-0.1, -0.05) is 29.7 Å². The third-order valence-electron chi connectivity index (χ3n) is 3.36. The van der Waals surface area contributed by atoms with Crippen LogP contribution in [0.5, 0.6) is 5.75 Å². The Labute approximate surface area is 149 Å². The number of amides is 1. The highest BCUT2D eigenvalue weighted by Crippen LogP contribution is 2.21. The van der Waals surface area contributed by atoms with Crippen molar-refractivity contribution in [1.29, 1.82) is 0 Å². The molecule has 0 saturated carbocycles. The van der Waals surface area contributed by atoms with E-state index in [4.69, 9.17) is 20.9 Å². The van der Waals surface area contributed by atoms with Crippen LogP contribution in [0.25, 0.3) is 11.5 Å². The van der Waals surface area contributed by atoms with Gasteiger partial charge >= 0.3 is 0 Å². The van der Waals surface area contributed by atoms with E-state index in [1.54, 1.807) is 48.5 Å². The summed E-state index contributed by atoms with van der Waals surface area (Å²) in [6.45, 7) is 1.85. The number of halogens is 1. The predicted octanol–water partition coefficient (Wildman–Crippen LogP) is 3.97. The molecule has 0 unspecified atom stereocenters. The topological polar surface area (TPSA) is 77.2 Å². The molecule has 2 aromatic carbocycles. The minimum absolute atomic E-state index is 0.105. The molecule has 1 N–H and O–H groups in total. The van der Waals surface area contributed by atoms with Gasteiger partial charge in [-0.15, -0.1) is 0 Å². The average molecular weight is 358 g/mol. The highest BCUT2D eigenvalue weighted by Gasteiger charge is 2.08. The Morgan fingerprint density at radius 3 is 2.72 bits per heavy atom. The number of nitrogens with zero attached hydrogens (tertiary/aromatic N) is 2. The summed E-state index contributed by atoms with van der Waals surface area (Å²) in [5.74, 6) is 1.42. The molecule has 0 aliphatic heterocycles. The van der Waals surface area contributed by atoms with E-state index in [0.29, 0.717) is 34.6 Å². The number of hydrogen-bond acceptors (Lipinski definition) is 5. The van der Waals surface area contributed by atoms with Gasteiger partial charge in [0.1, 0.15) is 5.75 Å². The molecule has 0 aliphatic carbocycles. The Bertz CT molecular complexity index is 862. The van der Waals surface area contributed by atoms with Crippen LogP contribution in [-0.2, 0) is 11.2 Å². The van der Waals surface area contributed by atoms with Crippen LogP contribution in [0.4, 0.5) is 5.69 Å². The molecule has 1 aromatic heterocycles.